The van der Waals surface area contributed by atoms with Crippen LogP contribution in [0.15, 0.2) is 30.5 Å². The topological polar surface area (TPSA) is 25.0 Å². The lowest BCUT2D eigenvalue weighted by Crippen LogP contribution is -2.22. The zero-order valence-corrected chi connectivity index (χ0v) is 8.87. The van der Waals surface area contributed by atoms with Crippen molar-refractivity contribution in [3.63, 3.8) is 0 Å². The second-order valence-corrected chi connectivity index (χ2v) is 4.39. The van der Waals surface area contributed by atoms with E-state index in [9.17, 15) is 0 Å². The number of fused-ring (bicyclic) bond motifs is 3. The van der Waals surface area contributed by atoms with Gasteiger partial charge in [0, 0.05) is 16.5 Å². The molecule has 0 fully saturated rings. The van der Waals surface area contributed by atoms with Crippen molar-refractivity contribution < 1.29 is 4.74 Å². The van der Waals surface area contributed by atoms with Gasteiger partial charge in [-0.1, -0.05) is 18.2 Å². The van der Waals surface area contributed by atoms with Crippen molar-refractivity contribution in [3.05, 3.63) is 41.8 Å². The molecule has 2 nitrogen and oxygen atoms in total. The Hall–Kier alpha value is -1.70. The van der Waals surface area contributed by atoms with E-state index in [1.807, 2.05) is 12.1 Å². The molecule has 2 heterocycles. The van der Waals surface area contributed by atoms with E-state index in [2.05, 4.69) is 37.0 Å². The van der Waals surface area contributed by atoms with Crippen LogP contribution in [0.25, 0.3) is 17.0 Å². The van der Waals surface area contributed by atoms with Crippen molar-refractivity contribution in [2.75, 3.05) is 0 Å². The van der Waals surface area contributed by atoms with Crippen molar-refractivity contribution in [3.8, 4) is 0 Å². The van der Waals surface area contributed by atoms with Gasteiger partial charge in [0.25, 0.3) is 0 Å². The number of hydrogen-bond acceptors (Lipinski definition) is 1. The highest BCUT2D eigenvalue weighted by molar-refractivity contribution is 5.91. The van der Waals surface area contributed by atoms with Crippen LogP contribution >= 0.6 is 0 Å². The van der Waals surface area contributed by atoms with E-state index >= 15 is 0 Å². The maximum absolute atomic E-state index is 5.61. The zero-order chi connectivity index (χ0) is 10.5. The fourth-order valence-corrected chi connectivity index (χ4v) is 2.14. The molecule has 0 spiro atoms. The number of nitrogens with one attached hydrogen (secondary N) is 1. The molecule has 0 amide bonds. The lowest BCUT2D eigenvalue weighted by Gasteiger charge is -2.27. The van der Waals surface area contributed by atoms with Gasteiger partial charge in [-0.2, -0.15) is 0 Å². The van der Waals surface area contributed by atoms with Gasteiger partial charge in [0.15, 0.2) is 0 Å². The standard InChI is InChI=1S/C13H13NO/c1-13(2)12-10(7-8-15-13)9-5-3-4-6-11(9)14-12/h3-8,14H,1-2H3. The maximum Gasteiger partial charge on any atom is 0.143 e. The molecule has 76 valence electrons. The van der Waals surface area contributed by atoms with Crippen LogP contribution in [0.5, 0.6) is 0 Å². The lowest BCUT2D eigenvalue weighted by molar-refractivity contribution is 0.0496. The third-order valence-electron chi connectivity index (χ3n) is 2.95. The number of hydrogen-bond donors (Lipinski definition) is 1. The summed E-state index contributed by atoms with van der Waals surface area (Å²) in [7, 11) is 0. The normalized spacial score (nSPS) is 17.5. The number of aromatic nitrogens is 1. The molecule has 3 rings (SSSR count). The van der Waals surface area contributed by atoms with E-state index in [0.29, 0.717) is 0 Å². The van der Waals surface area contributed by atoms with Crippen LogP contribution in [-0.2, 0) is 10.3 Å². The minimum atomic E-state index is -0.261. The summed E-state index contributed by atoms with van der Waals surface area (Å²) in [5, 5.41) is 1.26. The van der Waals surface area contributed by atoms with Crippen LogP contribution in [0.3, 0.4) is 0 Å². The van der Waals surface area contributed by atoms with E-state index in [1.165, 1.54) is 16.5 Å². The maximum atomic E-state index is 5.61. The summed E-state index contributed by atoms with van der Waals surface area (Å²) >= 11 is 0. The van der Waals surface area contributed by atoms with Gasteiger partial charge in [0.05, 0.1) is 12.0 Å². The summed E-state index contributed by atoms with van der Waals surface area (Å²) < 4.78 is 5.61. The second-order valence-electron chi connectivity index (χ2n) is 4.39. The molecule has 2 heteroatoms. The number of H-pyrrole nitrogens is 1. The summed E-state index contributed by atoms with van der Waals surface area (Å²) in [6.07, 6.45) is 3.81. The Bertz CT molecular complexity index is 549. The predicted octanol–water partition coefficient (Wildman–Crippen LogP) is 3.40. The van der Waals surface area contributed by atoms with Crippen LogP contribution < -0.4 is 0 Å². The highest BCUT2D eigenvalue weighted by Gasteiger charge is 2.29. The first-order chi connectivity index (χ1) is 7.18. The molecule has 1 N–H and O–H groups in total. The third-order valence-corrected chi connectivity index (χ3v) is 2.95. The zero-order valence-electron chi connectivity index (χ0n) is 8.87. The smallest absolute Gasteiger partial charge is 0.143 e. The van der Waals surface area contributed by atoms with Gasteiger partial charge in [-0.15, -0.1) is 0 Å². The second kappa shape index (κ2) is 2.66. The highest BCUT2D eigenvalue weighted by atomic mass is 16.5. The minimum Gasteiger partial charge on any atom is -0.489 e. The van der Waals surface area contributed by atoms with Gasteiger partial charge in [0.1, 0.15) is 5.60 Å². The monoisotopic (exact) mass is 199 g/mol. The number of aromatic amines is 1. The van der Waals surface area contributed by atoms with E-state index in [0.717, 1.165) is 5.69 Å². The molecule has 1 aliphatic heterocycles. The molecule has 0 aliphatic carbocycles. The van der Waals surface area contributed by atoms with Gasteiger partial charge in [-0.05, 0) is 26.0 Å². The number of ether oxygens (including phenoxy) is 1. The summed E-state index contributed by atoms with van der Waals surface area (Å²) in [5.74, 6) is 0. The Morgan fingerprint density at radius 1 is 1.20 bits per heavy atom. The lowest BCUT2D eigenvalue weighted by atomic mass is 9.97. The molecule has 0 atom stereocenters. The first-order valence-corrected chi connectivity index (χ1v) is 5.14. The Morgan fingerprint density at radius 3 is 2.87 bits per heavy atom. The van der Waals surface area contributed by atoms with Crippen molar-refractivity contribution >= 4 is 17.0 Å². The molecule has 1 aromatic heterocycles. The molecule has 0 unspecified atom stereocenters. The predicted molar refractivity (Wildman–Crippen MR) is 61.4 cm³/mol. The fraction of sp³-hybridized carbons (Fsp3) is 0.231. The molecule has 0 saturated carbocycles. The van der Waals surface area contributed by atoms with E-state index < -0.39 is 0 Å². The summed E-state index contributed by atoms with van der Waals surface area (Å²) in [6.45, 7) is 4.15. The SMILES string of the molecule is CC1(C)OC=Cc2c1[nH]c1ccccc21. The van der Waals surface area contributed by atoms with Gasteiger partial charge < -0.3 is 9.72 Å². The molecule has 15 heavy (non-hydrogen) atoms. The first-order valence-electron chi connectivity index (χ1n) is 5.14. The highest BCUT2D eigenvalue weighted by Crippen LogP contribution is 2.36. The van der Waals surface area contributed by atoms with Crippen molar-refractivity contribution in [1.82, 2.24) is 4.98 Å². The van der Waals surface area contributed by atoms with Crippen molar-refractivity contribution in [2.45, 2.75) is 19.4 Å². The van der Waals surface area contributed by atoms with Crippen LogP contribution in [-0.4, -0.2) is 4.98 Å². The van der Waals surface area contributed by atoms with Crippen LogP contribution in [0.2, 0.25) is 0 Å². The van der Waals surface area contributed by atoms with Gasteiger partial charge in [0.2, 0.25) is 0 Å². The number of para-hydroxylation sites is 1. The molecule has 1 aromatic carbocycles. The van der Waals surface area contributed by atoms with Crippen molar-refractivity contribution in [1.29, 1.82) is 0 Å². The fourth-order valence-electron chi connectivity index (χ4n) is 2.14. The summed E-state index contributed by atoms with van der Waals surface area (Å²) in [4.78, 5) is 3.43. The van der Waals surface area contributed by atoms with Gasteiger partial charge >= 0.3 is 0 Å². The molecular formula is C13H13NO. The average molecular weight is 199 g/mol. The molecule has 2 aromatic rings. The largest absolute Gasteiger partial charge is 0.489 e. The number of benzene rings is 1. The Morgan fingerprint density at radius 2 is 2.00 bits per heavy atom. The quantitative estimate of drug-likeness (QED) is 0.691. The Labute approximate surface area is 88.6 Å². The molecule has 0 bridgehead atoms. The first kappa shape index (κ1) is 8.60. The van der Waals surface area contributed by atoms with Crippen LogP contribution in [0.4, 0.5) is 0 Å². The number of rotatable bonds is 0. The molecular weight excluding hydrogens is 186 g/mol. The Balaban J connectivity index is 2.40. The van der Waals surface area contributed by atoms with Crippen LogP contribution in [0.1, 0.15) is 25.1 Å². The molecule has 0 radical (unpaired) electrons. The van der Waals surface area contributed by atoms with Crippen molar-refractivity contribution in [2.24, 2.45) is 0 Å². The summed E-state index contributed by atoms with van der Waals surface area (Å²) in [5.41, 5.74) is 3.32. The molecule has 0 saturated heterocycles. The minimum absolute atomic E-state index is 0.261. The Kier molecular flexibility index (Phi) is 1.52. The third kappa shape index (κ3) is 1.11. The van der Waals surface area contributed by atoms with Gasteiger partial charge in [-0.3, -0.25) is 0 Å². The summed E-state index contributed by atoms with van der Waals surface area (Å²) in [6, 6.07) is 8.34. The van der Waals surface area contributed by atoms with E-state index in [1.54, 1.807) is 6.26 Å². The average Bonchev–Trinajstić information content (AvgIpc) is 2.58. The van der Waals surface area contributed by atoms with Crippen LogP contribution in [0, 0.1) is 0 Å². The molecule has 1 aliphatic rings. The van der Waals surface area contributed by atoms with E-state index in [4.69, 9.17) is 4.74 Å². The van der Waals surface area contributed by atoms with Gasteiger partial charge in [-0.25, -0.2) is 0 Å². The van der Waals surface area contributed by atoms with E-state index in [-0.39, 0.29) is 5.60 Å².